The van der Waals surface area contributed by atoms with Crippen LogP contribution in [0.15, 0.2) is 127 Å². The van der Waals surface area contributed by atoms with Gasteiger partial charge in [0, 0.05) is 20.2 Å². The van der Waals surface area contributed by atoms with Gasteiger partial charge in [-0.3, -0.25) is 0 Å². The molecule has 1 aliphatic carbocycles. The molecule has 192 valence electrons. The van der Waals surface area contributed by atoms with Crippen LogP contribution < -0.4 is 0 Å². The van der Waals surface area contributed by atoms with Crippen LogP contribution in [0, 0.1) is 0 Å². The minimum atomic E-state index is 1.12. The van der Waals surface area contributed by atoms with Gasteiger partial charge in [-0.2, -0.15) is 0 Å². The summed E-state index contributed by atoms with van der Waals surface area (Å²) in [7, 11) is 0. The fraction of sp³-hybridized carbons (Fsp3) is 0.0500. The molecule has 1 aliphatic rings. The molecule has 1 heterocycles. The Bertz CT molecular complexity index is 2330. The van der Waals surface area contributed by atoms with Crippen molar-refractivity contribution in [2.75, 3.05) is 0 Å². The first-order chi connectivity index (χ1) is 20.3. The summed E-state index contributed by atoms with van der Waals surface area (Å²) in [6.45, 7) is 0. The lowest BCUT2D eigenvalue weighted by Gasteiger charge is -2.12. The molecule has 0 spiro atoms. The molecule has 7 aromatic carbocycles. The molecule has 0 nitrogen and oxygen atoms in total. The zero-order valence-electron chi connectivity index (χ0n) is 22.5. The average Bonchev–Trinajstić information content (AvgIpc) is 3.44. The number of thiophene rings is 1. The third-order valence-electron chi connectivity index (χ3n) is 8.91. The smallest absolute Gasteiger partial charge is 0.0434 e. The van der Waals surface area contributed by atoms with Crippen LogP contribution in [0.25, 0.3) is 80.8 Å². The molecule has 0 unspecified atom stereocenters. The highest BCUT2D eigenvalue weighted by Gasteiger charge is 2.16. The van der Waals surface area contributed by atoms with Gasteiger partial charge < -0.3 is 0 Å². The molecule has 0 atom stereocenters. The Morgan fingerprint density at radius 3 is 1.63 bits per heavy atom. The molecule has 0 radical (unpaired) electrons. The van der Waals surface area contributed by atoms with Crippen molar-refractivity contribution in [1.82, 2.24) is 0 Å². The summed E-state index contributed by atoms with van der Waals surface area (Å²) in [6, 6.07) is 45.4. The van der Waals surface area contributed by atoms with E-state index in [1.165, 1.54) is 85.9 Å². The highest BCUT2D eigenvalue weighted by molar-refractivity contribution is 7.26. The molecular weight excluding hydrogens is 513 g/mol. The lowest BCUT2D eigenvalue weighted by molar-refractivity contribution is 0.986. The Hall–Kier alpha value is -4.72. The van der Waals surface area contributed by atoms with E-state index in [1.54, 1.807) is 0 Å². The van der Waals surface area contributed by atoms with E-state index in [4.69, 9.17) is 0 Å². The van der Waals surface area contributed by atoms with E-state index >= 15 is 0 Å². The first-order valence-corrected chi connectivity index (χ1v) is 15.2. The predicted molar refractivity (Wildman–Crippen MR) is 180 cm³/mol. The van der Waals surface area contributed by atoms with E-state index in [9.17, 15) is 0 Å². The number of aryl methyl sites for hydroxylation is 1. The summed E-state index contributed by atoms with van der Waals surface area (Å²) in [5.41, 5.74) is 8.06. The van der Waals surface area contributed by atoms with Crippen LogP contribution in [0.2, 0.25) is 0 Å². The zero-order valence-corrected chi connectivity index (χ0v) is 23.3. The van der Waals surface area contributed by atoms with Crippen molar-refractivity contribution >= 4 is 69.9 Å². The molecule has 0 aliphatic heterocycles. The third-order valence-corrected chi connectivity index (χ3v) is 10.2. The molecule has 9 rings (SSSR count). The number of rotatable bonds is 2. The number of fused-ring (bicyclic) bond motifs is 10. The van der Waals surface area contributed by atoms with Crippen LogP contribution in [-0.4, -0.2) is 0 Å². The fourth-order valence-corrected chi connectivity index (χ4v) is 8.32. The van der Waals surface area contributed by atoms with Gasteiger partial charge in [0.1, 0.15) is 0 Å². The molecule has 1 aromatic heterocycles. The van der Waals surface area contributed by atoms with Gasteiger partial charge in [-0.25, -0.2) is 0 Å². The molecule has 1 heteroatoms. The zero-order chi connectivity index (χ0) is 26.9. The maximum atomic E-state index is 2.42. The Morgan fingerprint density at radius 1 is 0.439 bits per heavy atom. The number of allylic oxidation sites excluding steroid dienone is 1. The maximum absolute atomic E-state index is 2.42. The summed E-state index contributed by atoms with van der Waals surface area (Å²) >= 11 is 1.94. The summed E-state index contributed by atoms with van der Waals surface area (Å²) in [4.78, 5) is 0. The monoisotopic (exact) mass is 538 g/mol. The van der Waals surface area contributed by atoms with Crippen LogP contribution in [-0.2, 0) is 6.42 Å². The van der Waals surface area contributed by atoms with Gasteiger partial charge in [-0.15, -0.1) is 11.3 Å². The second kappa shape index (κ2) is 8.89. The van der Waals surface area contributed by atoms with Crippen molar-refractivity contribution in [3.8, 4) is 22.3 Å². The van der Waals surface area contributed by atoms with Crippen molar-refractivity contribution in [2.45, 2.75) is 12.8 Å². The first-order valence-electron chi connectivity index (χ1n) is 14.4. The molecule has 0 N–H and O–H groups in total. The highest BCUT2D eigenvalue weighted by Crippen LogP contribution is 2.45. The van der Waals surface area contributed by atoms with Crippen molar-refractivity contribution < 1.29 is 0 Å². The minimum Gasteiger partial charge on any atom is -0.134 e. The third kappa shape index (κ3) is 3.46. The van der Waals surface area contributed by atoms with Crippen LogP contribution in [0.5, 0.6) is 0 Å². The molecule has 41 heavy (non-hydrogen) atoms. The Morgan fingerprint density at radius 2 is 0.976 bits per heavy atom. The molecule has 0 amide bonds. The van der Waals surface area contributed by atoms with E-state index < -0.39 is 0 Å². The standard InChI is InChI=1S/C40H26S/c1-2-10-26-23-27(20-19-25(26)9-1)29-15-7-17-36-37-18-8-16-30(40(37)41-39(29)36)28-21-22-35-33-13-4-3-11-31(33)32-12-5-6-14-34(32)38(35)24-28/h1,3-9,11-24H,2,10H2. The normalized spacial score (nSPS) is 13.1. The molecule has 0 fully saturated rings. The van der Waals surface area contributed by atoms with E-state index in [0.717, 1.165) is 12.8 Å². The van der Waals surface area contributed by atoms with E-state index in [2.05, 4.69) is 133 Å². The van der Waals surface area contributed by atoms with Gasteiger partial charge >= 0.3 is 0 Å². The minimum absolute atomic E-state index is 1.12. The Kier molecular flexibility index (Phi) is 5.00. The molecular formula is C40H26S. The summed E-state index contributed by atoms with van der Waals surface area (Å²) in [5, 5.41) is 10.6. The van der Waals surface area contributed by atoms with Gasteiger partial charge in [0.05, 0.1) is 0 Å². The maximum Gasteiger partial charge on any atom is 0.0434 e. The molecule has 0 bridgehead atoms. The van der Waals surface area contributed by atoms with Gasteiger partial charge in [0.25, 0.3) is 0 Å². The lowest BCUT2D eigenvalue weighted by Crippen LogP contribution is -1.94. The fourth-order valence-electron chi connectivity index (χ4n) is 6.95. The van der Waals surface area contributed by atoms with Gasteiger partial charge in [0.15, 0.2) is 0 Å². The summed E-state index contributed by atoms with van der Waals surface area (Å²) < 4.78 is 2.73. The number of hydrogen-bond donors (Lipinski definition) is 0. The van der Waals surface area contributed by atoms with Crippen molar-refractivity contribution in [2.24, 2.45) is 0 Å². The van der Waals surface area contributed by atoms with Crippen LogP contribution in [0.1, 0.15) is 17.5 Å². The topological polar surface area (TPSA) is 0 Å². The van der Waals surface area contributed by atoms with Crippen LogP contribution >= 0.6 is 11.3 Å². The van der Waals surface area contributed by atoms with Crippen molar-refractivity contribution in [3.05, 3.63) is 139 Å². The lowest BCUT2D eigenvalue weighted by atomic mass is 9.91. The SMILES string of the molecule is C1=Cc2ccc(-c3cccc4c3sc3c(-c5ccc6c7ccccc7c7ccccc7c6c5)cccc34)cc2CC1. The van der Waals surface area contributed by atoms with Gasteiger partial charge in [0.2, 0.25) is 0 Å². The van der Waals surface area contributed by atoms with E-state index in [1.807, 2.05) is 11.3 Å². The van der Waals surface area contributed by atoms with Gasteiger partial charge in [-0.1, -0.05) is 127 Å². The second-order valence-corrected chi connectivity index (χ2v) is 12.2. The first kappa shape index (κ1) is 23.0. The molecule has 8 aromatic rings. The van der Waals surface area contributed by atoms with E-state index in [-0.39, 0.29) is 0 Å². The largest absolute Gasteiger partial charge is 0.134 e. The molecule has 0 saturated heterocycles. The van der Waals surface area contributed by atoms with Crippen molar-refractivity contribution in [1.29, 1.82) is 0 Å². The number of benzene rings is 7. The van der Waals surface area contributed by atoms with Crippen LogP contribution in [0.4, 0.5) is 0 Å². The average molecular weight is 539 g/mol. The van der Waals surface area contributed by atoms with Crippen molar-refractivity contribution in [3.63, 3.8) is 0 Å². The van der Waals surface area contributed by atoms with E-state index in [0.29, 0.717) is 0 Å². The van der Waals surface area contributed by atoms with Crippen LogP contribution in [0.3, 0.4) is 0 Å². The summed E-state index contributed by atoms with van der Waals surface area (Å²) in [5.74, 6) is 0. The van der Waals surface area contributed by atoms with Gasteiger partial charge in [-0.05, 0) is 84.6 Å². The Labute approximate surface area is 242 Å². The highest BCUT2D eigenvalue weighted by atomic mass is 32.1. The predicted octanol–water partition coefficient (Wildman–Crippen LogP) is 11.8. The number of hydrogen-bond acceptors (Lipinski definition) is 1. The quantitative estimate of drug-likeness (QED) is 0.192. The second-order valence-electron chi connectivity index (χ2n) is 11.2. The molecule has 0 saturated carbocycles. The summed E-state index contributed by atoms with van der Waals surface area (Å²) in [6.07, 6.45) is 6.81. The Balaban J connectivity index is 1.28.